The molecule has 14 heavy (non-hydrogen) atoms. The lowest BCUT2D eigenvalue weighted by Crippen LogP contribution is -2.43. The van der Waals surface area contributed by atoms with Crippen LogP contribution >= 0.6 is 11.6 Å². The molecule has 1 heterocycles. The molecule has 0 radical (unpaired) electrons. The fourth-order valence-electron chi connectivity index (χ4n) is 1.93. The van der Waals surface area contributed by atoms with Gasteiger partial charge in [-0.3, -0.25) is 0 Å². The smallest absolute Gasteiger partial charge is 0.0338 e. The van der Waals surface area contributed by atoms with Crippen molar-refractivity contribution in [3.63, 3.8) is 0 Å². The molecule has 78 valence electrons. The largest absolute Gasteiger partial charge is 0.369 e. The third-order valence-electron chi connectivity index (χ3n) is 2.91. The van der Waals surface area contributed by atoms with Gasteiger partial charge in [-0.25, -0.2) is 0 Å². The van der Waals surface area contributed by atoms with Crippen LogP contribution in [0.2, 0.25) is 0 Å². The lowest BCUT2D eigenvalue weighted by Gasteiger charge is -2.35. The summed E-state index contributed by atoms with van der Waals surface area (Å²) < 4.78 is 0. The normalized spacial score (nSPS) is 24.6. The summed E-state index contributed by atoms with van der Waals surface area (Å²) >= 11 is 6.04. The van der Waals surface area contributed by atoms with Crippen LogP contribution in [0.4, 0.5) is 0 Å². The fraction of sp³-hybridized carbons (Fsp3) is 0.636. The van der Waals surface area contributed by atoms with E-state index in [2.05, 4.69) is 29.0 Å². The van der Waals surface area contributed by atoms with Crippen LogP contribution in [0.25, 0.3) is 0 Å². The predicted octanol–water partition coefficient (Wildman–Crippen LogP) is 2.03. The Balaban J connectivity index is 1.98. The Labute approximate surface area is 90.8 Å². The molecule has 0 saturated carbocycles. The van der Waals surface area contributed by atoms with Crippen molar-refractivity contribution >= 4 is 11.6 Å². The Kier molecular flexibility index (Phi) is 3.14. The number of rotatable bonds is 1. The molecule has 0 amide bonds. The average molecular weight is 213 g/mol. The molecule has 0 spiro atoms. The van der Waals surface area contributed by atoms with E-state index in [1.54, 1.807) is 0 Å². The van der Waals surface area contributed by atoms with Gasteiger partial charge in [-0.15, -0.1) is 0 Å². The molecule has 1 aliphatic carbocycles. The Morgan fingerprint density at radius 2 is 1.93 bits per heavy atom. The molecule has 0 N–H and O–H groups in total. The number of halogens is 1. The summed E-state index contributed by atoms with van der Waals surface area (Å²) in [5.41, 5.74) is 1.33. The molecule has 0 aromatic rings. The summed E-state index contributed by atoms with van der Waals surface area (Å²) in [5, 5.41) is 1.00. The second-order valence-corrected chi connectivity index (χ2v) is 4.53. The van der Waals surface area contributed by atoms with Gasteiger partial charge < -0.3 is 9.80 Å². The monoisotopic (exact) mass is 212 g/mol. The SMILES string of the molecule is CN1CCN(C2=CCCC(Cl)=C2)CC1. The maximum absolute atomic E-state index is 6.04. The molecular weight excluding hydrogens is 196 g/mol. The highest BCUT2D eigenvalue weighted by molar-refractivity contribution is 6.29. The summed E-state index contributed by atoms with van der Waals surface area (Å²) in [6.07, 6.45) is 6.53. The van der Waals surface area contributed by atoms with E-state index >= 15 is 0 Å². The minimum absolute atomic E-state index is 1.00. The second-order valence-electron chi connectivity index (χ2n) is 4.05. The van der Waals surface area contributed by atoms with Gasteiger partial charge in [-0.1, -0.05) is 17.7 Å². The molecule has 0 aromatic carbocycles. The van der Waals surface area contributed by atoms with E-state index in [4.69, 9.17) is 11.6 Å². The minimum Gasteiger partial charge on any atom is -0.369 e. The van der Waals surface area contributed by atoms with Crippen molar-refractivity contribution in [1.29, 1.82) is 0 Å². The fourth-order valence-corrected chi connectivity index (χ4v) is 2.16. The van der Waals surface area contributed by atoms with Crippen molar-refractivity contribution in [2.24, 2.45) is 0 Å². The van der Waals surface area contributed by atoms with Crippen LogP contribution in [0, 0.1) is 0 Å². The van der Waals surface area contributed by atoms with E-state index in [1.165, 1.54) is 5.70 Å². The molecule has 2 aliphatic rings. The van der Waals surface area contributed by atoms with Gasteiger partial charge in [-0.05, 0) is 26.0 Å². The van der Waals surface area contributed by atoms with Crippen molar-refractivity contribution in [3.05, 3.63) is 22.9 Å². The highest BCUT2D eigenvalue weighted by Gasteiger charge is 2.16. The summed E-state index contributed by atoms with van der Waals surface area (Å²) in [7, 11) is 2.18. The number of allylic oxidation sites excluding steroid dienone is 3. The van der Waals surface area contributed by atoms with Gasteiger partial charge in [-0.2, -0.15) is 0 Å². The highest BCUT2D eigenvalue weighted by atomic mass is 35.5. The van der Waals surface area contributed by atoms with Crippen molar-refractivity contribution < 1.29 is 0 Å². The van der Waals surface area contributed by atoms with Crippen molar-refractivity contribution in [3.8, 4) is 0 Å². The van der Waals surface area contributed by atoms with Gasteiger partial charge in [0, 0.05) is 36.9 Å². The molecular formula is C11H17ClN2. The van der Waals surface area contributed by atoms with Gasteiger partial charge in [0.05, 0.1) is 0 Å². The van der Waals surface area contributed by atoms with Crippen molar-refractivity contribution in [1.82, 2.24) is 9.80 Å². The summed E-state index contributed by atoms with van der Waals surface area (Å²) in [4.78, 5) is 4.80. The van der Waals surface area contributed by atoms with Crippen LogP contribution < -0.4 is 0 Å². The third-order valence-corrected chi connectivity index (χ3v) is 3.21. The zero-order valence-corrected chi connectivity index (χ0v) is 9.43. The zero-order chi connectivity index (χ0) is 9.97. The van der Waals surface area contributed by atoms with Crippen molar-refractivity contribution in [2.45, 2.75) is 12.8 Å². The molecule has 2 rings (SSSR count). The molecule has 1 aliphatic heterocycles. The predicted molar refractivity (Wildman–Crippen MR) is 60.3 cm³/mol. The van der Waals surface area contributed by atoms with E-state index in [9.17, 15) is 0 Å². The zero-order valence-electron chi connectivity index (χ0n) is 8.67. The van der Waals surface area contributed by atoms with Crippen LogP contribution in [0.15, 0.2) is 22.9 Å². The van der Waals surface area contributed by atoms with Gasteiger partial charge in [0.15, 0.2) is 0 Å². The van der Waals surface area contributed by atoms with E-state index < -0.39 is 0 Å². The van der Waals surface area contributed by atoms with Crippen LogP contribution in [0.3, 0.4) is 0 Å². The van der Waals surface area contributed by atoms with Crippen LogP contribution in [0.1, 0.15) is 12.8 Å². The second kappa shape index (κ2) is 4.37. The van der Waals surface area contributed by atoms with Crippen molar-refractivity contribution in [2.75, 3.05) is 33.2 Å². The average Bonchev–Trinajstić information content (AvgIpc) is 2.19. The van der Waals surface area contributed by atoms with Gasteiger partial charge in [0.25, 0.3) is 0 Å². The lowest BCUT2D eigenvalue weighted by molar-refractivity contribution is 0.189. The molecule has 2 nitrogen and oxygen atoms in total. The summed E-state index contributed by atoms with van der Waals surface area (Å²) in [6, 6.07) is 0. The standard InChI is InChI=1S/C11H17ClN2/c1-13-5-7-14(8-6-13)11-4-2-3-10(12)9-11/h4,9H,2-3,5-8H2,1H3. The van der Waals surface area contributed by atoms with Gasteiger partial charge in [0.1, 0.15) is 0 Å². The first kappa shape index (κ1) is 10.1. The minimum atomic E-state index is 1.00. The topological polar surface area (TPSA) is 6.48 Å². The maximum atomic E-state index is 6.04. The molecule has 1 saturated heterocycles. The first-order chi connectivity index (χ1) is 6.75. The van der Waals surface area contributed by atoms with E-state index in [-0.39, 0.29) is 0 Å². The quantitative estimate of drug-likeness (QED) is 0.657. The Morgan fingerprint density at radius 1 is 1.21 bits per heavy atom. The number of hydrogen-bond acceptors (Lipinski definition) is 2. The van der Waals surface area contributed by atoms with Crippen LogP contribution in [-0.4, -0.2) is 43.0 Å². The maximum Gasteiger partial charge on any atom is 0.0338 e. The number of nitrogens with zero attached hydrogens (tertiary/aromatic N) is 2. The number of likely N-dealkylation sites (N-methyl/N-ethyl adjacent to an activating group) is 1. The number of hydrogen-bond donors (Lipinski definition) is 0. The first-order valence-electron chi connectivity index (χ1n) is 5.25. The Bertz CT molecular complexity index is 262. The lowest BCUT2D eigenvalue weighted by atomic mass is 10.1. The van der Waals surface area contributed by atoms with E-state index in [1.807, 2.05) is 0 Å². The molecule has 3 heteroatoms. The first-order valence-corrected chi connectivity index (χ1v) is 5.63. The van der Waals surface area contributed by atoms with E-state index in [0.29, 0.717) is 0 Å². The van der Waals surface area contributed by atoms with Crippen LogP contribution in [0.5, 0.6) is 0 Å². The molecule has 1 fully saturated rings. The summed E-state index contributed by atoms with van der Waals surface area (Å²) in [5.74, 6) is 0. The highest BCUT2D eigenvalue weighted by Crippen LogP contribution is 2.23. The van der Waals surface area contributed by atoms with E-state index in [0.717, 1.165) is 44.1 Å². The van der Waals surface area contributed by atoms with Crippen LogP contribution in [-0.2, 0) is 0 Å². The summed E-state index contributed by atoms with van der Waals surface area (Å²) in [6.45, 7) is 4.57. The third kappa shape index (κ3) is 2.31. The van der Waals surface area contributed by atoms with Gasteiger partial charge >= 0.3 is 0 Å². The van der Waals surface area contributed by atoms with Gasteiger partial charge in [0.2, 0.25) is 0 Å². The molecule has 0 aromatic heterocycles. The molecule has 0 unspecified atom stereocenters. The Morgan fingerprint density at radius 3 is 2.57 bits per heavy atom. The molecule has 0 atom stereocenters. The number of piperazine rings is 1. The molecule has 0 bridgehead atoms. The Hall–Kier alpha value is -0.470.